The molecule has 0 aromatic rings. The lowest BCUT2D eigenvalue weighted by Crippen LogP contribution is -2.46. The van der Waals surface area contributed by atoms with E-state index in [9.17, 15) is 24.0 Å². The van der Waals surface area contributed by atoms with E-state index >= 15 is 0 Å². The molecule has 0 amide bonds. The Labute approximate surface area is 145 Å². The zero-order chi connectivity index (χ0) is 20.5. The molecule has 0 aliphatic rings. The summed E-state index contributed by atoms with van der Waals surface area (Å²) in [6, 6.07) is 0. The minimum atomic E-state index is -3.02. The summed E-state index contributed by atoms with van der Waals surface area (Å²) in [4.78, 5) is 54.6. The molecular formula is C14H24O10S. The highest BCUT2D eigenvalue weighted by Gasteiger charge is 2.44. The summed E-state index contributed by atoms with van der Waals surface area (Å²) in [6.45, 7) is 3.68. The molecule has 10 nitrogen and oxygen atoms in total. The van der Waals surface area contributed by atoms with Crippen molar-refractivity contribution in [3.63, 3.8) is 0 Å². The molecule has 25 heavy (non-hydrogen) atoms. The standard InChI is InChI=1S/C8H12O4S.C6H12O6/c1-5(9)13(6(2)10,7(3)11)8(4)12;7-1-3(9)5(11)6(12)4(10)2-8/h1-4H3;1,3-6,8-12H,2H2. The second-order valence-corrected chi connectivity index (χ2v) is 8.46. The van der Waals surface area contributed by atoms with Gasteiger partial charge in [0.1, 0.15) is 24.4 Å². The Morgan fingerprint density at radius 3 is 1.28 bits per heavy atom. The molecule has 0 aromatic carbocycles. The minimum absolute atomic E-state index is 0.0258. The Morgan fingerprint density at radius 2 is 1.12 bits per heavy atom. The maximum absolute atomic E-state index is 11.2. The summed E-state index contributed by atoms with van der Waals surface area (Å²) in [6.07, 6.45) is -6.84. The van der Waals surface area contributed by atoms with Crippen molar-refractivity contribution in [1.29, 1.82) is 0 Å². The van der Waals surface area contributed by atoms with Crippen LogP contribution >= 0.6 is 10.0 Å². The highest BCUT2D eigenvalue weighted by atomic mass is 32.3. The van der Waals surface area contributed by atoms with Gasteiger partial charge in [0.05, 0.1) is 6.61 Å². The van der Waals surface area contributed by atoms with E-state index in [1.807, 2.05) is 0 Å². The molecule has 0 aliphatic heterocycles. The van der Waals surface area contributed by atoms with Gasteiger partial charge in [0.15, 0.2) is 26.7 Å². The number of hydrogen-bond acceptors (Lipinski definition) is 10. The zero-order valence-electron chi connectivity index (χ0n) is 14.3. The van der Waals surface area contributed by atoms with E-state index in [-0.39, 0.29) is 6.29 Å². The van der Waals surface area contributed by atoms with Crippen molar-refractivity contribution in [3.05, 3.63) is 0 Å². The van der Waals surface area contributed by atoms with Gasteiger partial charge in [0.25, 0.3) is 0 Å². The van der Waals surface area contributed by atoms with Gasteiger partial charge in [-0.1, -0.05) is 0 Å². The number of carbonyl (C=O) groups excluding carboxylic acids is 5. The maximum atomic E-state index is 11.2. The number of hydrogen-bond donors (Lipinski definition) is 5. The second kappa shape index (κ2) is 11.2. The number of rotatable bonds is 5. The second-order valence-electron chi connectivity index (χ2n) is 4.94. The quantitative estimate of drug-likeness (QED) is 0.320. The third-order valence-corrected chi connectivity index (χ3v) is 6.59. The maximum Gasteiger partial charge on any atom is 0.188 e. The first-order valence-electron chi connectivity index (χ1n) is 6.96. The van der Waals surface area contributed by atoms with Crippen LogP contribution in [-0.2, 0) is 24.0 Å². The first-order valence-corrected chi connectivity index (χ1v) is 8.59. The smallest absolute Gasteiger partial charge is 0.188 e. The predicted molar refractivity (Wildman–Crippen MR) is 87.5 cm³/mol. The summed E-state index contributed by atoms with van der Waals surface area (Å²) in [5, 5.41) is 41.0. The van der Waals surface area contributed by atoms with Gasteiger partial charge in [0, 0.05) is 27.7 Å². The first-order chi connectivity index (χ1) is 11.3. The Morgan fingerprint density at radius 1 is 0.800 bits per heavy atom. The van der Waals surface area contributed by atoms with Crippen molar-refractivity contribution >= 4 is 36.8 Å². The van der Waals surface area contributed by atoms with E-state index in [4.69, 9.17) is 25.5 Å². The molecule has 0 bridgehead atoms. The number of carbonyl (C=O) groups is 5. The van der Waals surface area contributed by atoms with Gasteiger partial charge in [-0.15, -0.1) is 0 Å². The largest absolute Gasteiger partial charge is 0.394 e. The minimum Gasteiger partial charge on any atom is -0.394 e. The van der Waals surface area contributed by atoms with E-state index in [0.717, 1.165) is 27.7 Å². The molecule has 0 fully saturated rings. The van der Waals surface area contributed by atoms with Crippen LogP contribution in [0.15, 0.2) is 0 Å². The van der Waals surface area contributed by atoms with E-state index in [1.165, 1.54) is 0 Å². The van der Waals surface area contributed by atoms with Crippen LogP contribution < -0.4 is 0 Å². The molecule has 0 aromatic heterocycles. The summed E-state index contributed by atoms with van der Waals surface area (Å²) >= 11 is 0. The van der Waals surface area contributed by atoms with Gasteiger partial charge in [-0.25, -0.2) is 0 Å². The zero-order valence-corrected chi connectivity index (χ0v) is 15.1. The fourth-order valence-electron chi connectivity index (χ4n) is 1.83. The van der Waals surface area contributed by atoms with Crippen LogP contribution in [-0.4, -0.2) is 83.3 Å². The summed E-state index contributed by atoms with van der Waals surface area (Å²) < 4.78 is 0. The van der Waals surface area contributed by atoms with Gasteiger partial charge < -0.3 is 30.3 Å². The highest BCUT2D eigenvalue weighted by Crippen LogP contribution is 2.50. The van der Waals surface area contributed by atoms with Gasteiger partial charge in [-0.3, -0.25) is 19.2 Å². The Kier molecular flexibility index (Phi) is 11.5. The predicted octanol–water partition coefficient (Wildman–Crippen LogP) is -2.40. The third kappa shape index (κ3) is 6.38. The van der Waals surface area contributed by atoms with Gasteiger partial charge in [-0.05, 0) is 10.0 Å². The molecule has 0 rings (SSSR count). The van der Waals surface area contributed by atoms with Crippen LogP contribution in [0, 0.1) is 0 Å². The Balaban J connectivity index is 0. The van der Waals surface area contributed by atoms with Crippen LogP contribution in [0.4, 0.5) is 0 Å². The lowest BCUT2D eigenvalue weighted by atomic mass is 10.0. The molecule has 4 atom stereocenters. The monoisotopic (exact) mass is 384 g/mol. The molecular weight excluding hydrogens is 360 g/mol. The van der Waals surface area contributed by atoms with Crippen LogP contribution in [0.3, 0.4) is 0 Å². The summed E-state index contributed by atoms with van der Waals surface area (Å²) in [5.41, 5.74) is 0. The number of aliphatic hydroxyl groups is 5. The molecule has 0 aliphatic carbocycles. The number of aliphatic hydroxyl groups excluding tert-OH is 5. The normalized spacial score (nSPS) is 16.4. The average molecular weight is 384 g/mol. The SMILES string of the molecule is CC(=O)S(C(C)=O)(C(C)=O)C(C)=O.O=CC(O)C(O)C(O)C(O)CO. The Bertz CT molecular complexity index is 456. The van der Waals surface area contributed by atoms with Crippen LogP contribution in [0.25, 0.3) is 0 Å². The van der Waals surface area contributed by atoms with Crippen LogP contribution in [0.5, 0.6) is 0 Å². The lowest BCUT2D eigenvalue weighted by Gasteiger charge is -2.27. The van der Waals surface area contributed by atoms with Crippen LogP contribution in [0.1, 0.15) is 27.7 Å². The van der Waals surface area contributed by atoms with E-state index in [1.54, 1.807) is 0 Å². The first kappa shape index (κ1) is 25.7. The van der Waals surface area contributed by atoms with Crippen molar-refractivity contribution in [1.82, 2.24) is 0 Å². The van der Waals surface area contributed by atoms with Gasteiger partial charge in [0.2, 0.25) is 0 Å². The van der Waals surface area contributed by atoms with Crippen molar-refractivity contribution in [2.45, 2.75) is 52.1 Å². The summed E-state index contributed by atoms with van der Waals surface area (Å²) in [5.74, 6) is 0. The van der Waals surface area contributed by atoms with Gasteiger partial charge >= 0.3 is 0 Å². The van der Waals surface area contributed by atoms with Gasteiger partial charge in [-0.2, -0.15) is 0 Å². The average Bonchev–Trinajstić information content (AvgIpc) is 2.51. The lowest BCUT2D eigenvalue weighted by molar-refractivity contribution is -0.136. The molecule has 11 heteroatoms. The fraction of sp³-hybridized carbons (Fsp3) is 0.643. The third-order valence-electron chi connectivity index (χ3n) is 3.15. The van der Waals surface area contributed by atoms with E-state index < -0.39 is 61.5 Å². The van der Waals surface area contributed by atoms with Crippen molar-refractivity contribution in [2.75, 3.05) is 6.61 Å². The molecule has 0 spiro atoms. The van der Waals surface area contributed by atoms with Crippen molar-refractivity contribution < 1.29 is 49.5 Å². The molecule has 0 radical (unpaired) electrons. The Hall–Kier alpha value is -1.50. The highest BCUT2D eigenvalue weighted by molar-refractivity contribution is 8.73. The molecule has 0 saturated carbocycles. The topological polar surface area (TPSA) is 186 Å². The molecule has 0 saturated heterocycles. The summed E-state index contributed by atoms with van der Waals surface area (Å²) in [7, 11) is -3.02. The fourth-order valence-corrected chi connectivity index (χ4v) is 4.26. The molecule has 146 valence electrons. The van der Waals surface area contributed by atoms with Crippen molar-refractivity contribution in [2.24, 2.45) is 0 Å². The van der Waals surface area contributed by atoms with Crippen LogP contribution in [0.2, 0.25) is 0 Å². The number of aldehydes is 1. The molecule has 4 unspecified atom stereocenters. The van der Waals surface area contributed by atoms with E-state index in [2.05, 4.69) is 0 Å². The molecule has 0 heterocycles. The van der Waals surface area contributed by atoms with Crippen molar-refractivity contribution in [3.8, 4) is 0 Å². The van der Waals surface area contributed by atoms with E-state index in [0.29, 0.717) is 0 Å². The molecule has 5 N–H and O–H groups in total.